The first-order valence-corrected chi connectivity index (χ1v) is 12.8. The molecule has 1 atom stereocenters. The molecule has 3 rings (SSSR count). The van der Waals surface area contributed by atoms with E-state index in [4.69, 9.17) is 8.92 Å². The fourth-order valence-corrected chi connectivity index (χ4v) is 4.42. The van der Waals surface area contributed by atoms with Crippen LogP contribution in [0.3, 0.4) is 0 Å². The van der Waals surface area contributed by atoms with E-state index in [2.05, 4.69) is 10.1 Å². The van der Waals surface area contributed by atoms with Crippen LogP contribution in [0.25, 0.3) is 11.0 Å². The number of pyridine rings is 1. The Bertz CT molecular complexity index is 1200. The van der Waals surface area contributed by atoms with Crippen LogP contribution >= 0.6 is 0 Å². The van der Waals surface area contributed by atoms with Gasteiger partial charge in [-0.15, -0.1) is 9.19 Å². The van der Waals surface area contributed by atoms with Crippen molar-refractivity contribution in [2.45, 2.75) is 45.4 Å². The predicted octanol–water partition coefficient (Wildman–Crippen LogP) is 1.10. The maximum Gasteiger partial charge on any atom is 0.360 e. The number of carbonyl (C=O) groups excluding carboxylic acids is 1. The van der Waals surface area contributed by atoms with Gasteiger partial charge in [-0.1, -0.05) is 0 Å². The van der Waals surface area contributed by atoms with E-state index in [9.17, 15) is 21.6 Å². The van der Waals surface area contributed by atoms with Crippen LogP contribution in [-0.2, 0) is 29.1 Å². The highest BCUT2D eigenvalue weighted by Crippen LogP contribution is 2.29. The zero-order chi connectivity index (χ0) is 22.5. The first-order chi connectivity index (χ1) is 13.7. The summed E-state index contributed by atoms with van der Waals surface area (Å²) in [6.07, 6.45) is 2.31. The number of hydrogen-bond acceptors (Lipinski definition) is 10. The second kappa shape index (κ2) is 7.46. The minimum Gasteiger partial charge on any atom is -0.455 e. The molecule has 0 bridgehead atoms. The normalized spacial score (nSPS) is 18.2. The lowest BCUT2D eigenvalue weighted by Crippen LogP contribution is -2.33. The van der Waals surface area contributed by atoms with Crippen LogP contribution in [0.5, 0.6) is 0 Å². The van der Waals surface area contributed by atoms with Gasteiger partial charge < -0.3 is 9.64 Å². The number of esters is 1. The van der Waals surface area contributed by atoms with E-state index in [0.717, 1.165) is 12.5 Å². The van der Waals surface area contributed by atoms with Crippen molar-refractivity contribution < 1.29 is 30.6 Å². The smallest absolute Gasteiger partial charge is 0.360 e. The molecule has 1 unspecified atom stereocenters. The van der Waals surface area contributed by atoms with E-state index < -0.39 is 37.9 Å². The maximum atomic E-state index is 12.5. The molecular weight excluding hydrogens is 436 g/mol. The van der Waals surface area contributed by atoms with Crippen molar-refractivity contribution >= 4 is 43.0 Å². The summed E-state index contributed by atoms with van der Waals surface area (Å²) in [6.45, 7) is 5.54. The van der Waals surface area contributed by atoms with Gasteiger partial charge in [-0.05, 0) is 45.7 Å². The summed E-state index contributed by atoms with van der Waals surface area (Å²) in [5.41, 5.74) is -1.02. The molecular formula is C17H24N4O7S2. The van der Waals surface area contributed by atoms with Crippen molar-refractivity contribution in [1.82, 2.24) is 14.2 Å². The largest absolute Gasteiger partial charge is 0.455 e. The highest BCUT2D eigenvalue weighted by Gasteiger charge is 2.32. The van der Waals surface area contributed by atoms with Crippen molar-refractivity contribution in [3.63, 3.8) is 0 Å². The Morgan fingerprint density at radius 2 is 1.83 bits per heavy atom. The summed E-state index contributed by atoms with van der Waals surface area (Å²) in [5.74, 6) is -0.460. The topological polar surface area (TPSA) is 138 Å². The molecule has 1 fully saturated rings. The summed E-state index contributed by atoms with van der Waals surface area (Å²) >= 11 is 0. The van der Waals surface area contributed by atoms with Crippen LogP contribution in [0.2, 0.25) is 0 Å². The third-order valence-corrected chi connectivity index (χ3v) is 5.63. The second-order valence-corrected chi connectivity index (χ2v) is 11.5. The summed E-state index contributed by atoms with van der Waals surface area (Å²) in [6, 6.07) is 3.08. The average molecular weight is 461 g/mol. The third kappa shape index (κ3) is 4.90. The van der Waals surface area contributed by atoms with Gasteiger partial charge in [0.2, 0.25) is 0 Å². The SMILES string of the molecule is CC(C)(C)OC(=O)c1nn(S(C)(=O)=O)c2nc(N3CCCC3OS(C)(=O)=O)ccc12. The zero-order valence-electron chi connectivity index (χ0n) is 17.3. The highest BCUT2D eigenvalue weighted by atomic mass is 32.2. The average Bonchev–Trinajstić information content (AvgIpc) is 3.14. The Hall–Kier alpha value is -2.25. The van der Waals surface area contributed by atoms with Crippen LogP contribution < -0.4 is 4.90 Å². The van der Waals surface area contributed by atoms with Gasteiger partial charge in [0.15, 0.2) is 11.3 Å². The van der Waals surface area contributed by atoms with Crippen molar-refractivity contribution in [3.05, 3.63) is 17.8 Å². The number of rotatable bonds is 5. The number of fused-ring (bicyclic) bond motifs is 1. The Labute approximate surface area is 175 Å². The minimum atomic E-state index is -3.88. The molecule has 1 aliphatic rings. The van der Waals surface area contributed by atoms with Crippen LogP contribution in [0.1, 0.15) is 44.1 Å². The second-order valence-electron chi connectivity index (χ2n) is 8.09. The van der Waals surface area contributed by atoms with Crippen LogP contribution in [0.15, 0.2) is 12.1 Å². The van der Waals surface area contributed by atoms with Gasteiger partial charge in [-0.3, -0.25) is 0 Å². The van der Waals surface area contributed by atoms with E-state index >= 15 is 0 Å². The number of nitrogens with zero attached hydrogens (tertiary/aromatic N) is 4. The molecule has 2 aromatic rings. The first-order valence-electron chi connectivity index (χ1n) is 9.14. The van der Waals surface area contributed by atoms with E-state index in [1.54, 1.807) is 31.7 Å². The molecule has 30 heavy (non-hydrogen) atoms. The molecule has 0 aromatic carbocycles. The molecule has 0 N–H and O–H groups in total. The summed E-state index contributed by atoms with van der Waals surface area (Å²) in [5, 5.41) is 4.14. The van der Waals surface area contributed by atoms with Gasteiger partial charge in [-0.2, -0.15) is 8.42 Å². The highest BCUT2D eigenvalue weighted by molar-refractivity contribution is 7.89. The fourth-order valence-electron chi connectivity index (χ4n) is 3.13. The Balaban J connectivity index is 2.10. The van der Waals surface area contributed by atoms with E-state index in [-0.39, 0.29) is 16.7 Å². The summed E-state index contributed by atoms with van der Waals surface area (Å²) < 4.78 is 58.7. The molecule has 0 aliphatic carbocycles. The number of hydrogen-bond donors (Lipinski definition) is 0. The molecule has 11 nitrogen and oxygen atoms in total. The van der Waals surface area contributed by atoms with Crippen LogP contribution in [0, 0.1) is 0 Å². The number of aromatic nitrogens is 3. The summed E-state index contributed by atoms with van der Waals surface area (Å²) in [7, 11) is -7.57. The lowest BCUT2D eigenvalue weighted by molar-refractivity contribution is 0.00648. The maximum absolute atomic E-state index is 12.5. The lowest BCUT2D eigenvalue weighted by atomic mass is 10.2. The number of anilines is 1. The molecule has 0 spiro atoms. The quantitative estimate of drug-likeness (QED) is 0.471. The van der Waals surface area contributed by atoms with Gasteiger partial charge in [0.1, 0.15) is 17.6 Å². The van der Waals surface area contributed by atoms with Crippen LogP contribution in [-0.4, -0.2) is 67.9 Å². The molecule has 2 aromatic heterocycles. The Kier molecular flexibility index (Phi) is 5.58. The molecule has 13 heteroatoms. The minimum absolute atomic E-state index is 0.0548. The Morgan fingerprint density at radius 3 is 2.40 bits per heavy atom. The van der Waals surface area contributed by atoms with Gasteiger partial charge >= 0.3 is 5.97 Å². The molecule has 1 saturated heterocycles. The van der Waals surface area contributed by atoms with Crippen molar-refractivity contribution in [3.8, 4) is 0 Å². The Morgan fingerprint density at radius 1 is 1.17 bits per heavy atom. The molecule has 0 saturated carbocycles. The zero-order valence-corrected chi connectivity index (χ0v) is 18.9. The van der Waals surface area contributed by atoms with E-state index in [1.807, 2.05) is 0 Å². The van der Waals surface area contributed by atoms with Gasteiger partial charge in [-0.25, -0.2) is 22.4 Å². The lowest BCUT2D eigenvalue weighted by Gasteiger charge is -2.24. The number of carbonyl (C=O) groups is 1. The van der Waals surface area contributed by atoms with Crippen molar-refractivity contribution in [2.24, 2.45) is 0 Å². The molecule has 3 heterocycles. The molecule has 0 radical (unpaired) electrons. The monoisotopic (exact) mass is 460 g/mol. The number of ether oxygens (including phenoxy) is 1. The fraction of sp³-hybridized carbons (Fsp3) is 0.588. The van der Waals surface area contributed by atoms with E-state index in [1.165, 1.54) is 6.07 Å². The van der Waals surface area contributed by atoms with Crippen molar-refractivity contribution in [2.75, 3.05) is 24.0 Å². The molecule has 0 amide bonds. The summed E-state index contributed by atoms with van der Waals surface area (Å²) in [4.78, 5) is 18.5. The van der Waals surface area contributed by atoms with Crippen molar-refractivity contribution in [1.29, 1.82) is 0 Å². The molecule has 1 aliphatic heterocycles. The third-order valence-electron chi connectivity index (χ3n) is 4.17. The van der Waals surface area contributed by atoms with Gasteiger partial charge in [0, 0.05) is 6.54 Å². The molecule has 166 valence electrons. The first kappa shape index (κ1) is 22.4. The van der Waals surface area contributed by atoms with Gasteiger partial charge in [0.05, 0.1) is 17.9 Å². The van der Waals surface area contributed by atoms with E-state index in [0.29, 0.717) is 29.3 Å². The standard InChI is InChI=1S/C17H24N4O7S2/c1-17(2,3)27-16(22)14-11-8-9-12(18-15(11)21(19-14)29(4,23)24)20-10-6-7-13(20)28-30(5,25)26/h8-9,13H,6-7,10H2,1-5H3. The predicted molar refractivity (Wildman–Crippen MR) is 109 cm³/mol. The van der Waals surface area contributed by atoms with Crippen LogP contribution in [0.4, 0.5) is 5.82 Å². The van der Waals surface area contributed by atoms with Gasteiger partial charge in [0.25, 0.3) is 20.1 Å².